The van der Waals surface area contributed by atoms with Crippen LogP contribution in [0.4, 0.5) is 6.01 Å². The standard InChI is InChI=1S/C16H19N3O4/c1-4-16(2,3)14(20)17-15-19-18-13(23-15)10-5-6-11-12(9-10)22-8-7-21-11/h5-6,9H,4,7-8H2,1-3H3,(H,17,19,20). The van der Waals surface area contributed by atoms with Gasteiger partial charge in [-0.25, -0.2) is 0 Å². The summed E-state index contributed by atoms with van der Waals surface area (Å²) in [4.78, 5) is 12.1. The third-order valence-corrected chi connectivity index (χ3v) is 3.93. The number of carbonyl (C=O) groups is 1. The van der Waals surface area contributed by atoms with Crippen LogP contribution < -0.4 is 14.8 Å². The molecule has 122 valence electrons. The van der Waals surface area contributed by atoms with Crippen molar-refractivity contribution >= 4 is 11.9 Å². The minimum absolute atomic E-state index is 0.0846. The lowest BCUT2D eigenvalue weighted by Crippen LogP contribution is -2.30. The second kappa shape index (κ2) is 5.91. The Morgan fingerprint density at radius 1 is 1.22 bits per heavy atom. The Hall–Kier alpha value is -2.57. The van der Waals surface area contributed by atoms with Crippen LogP contribution in [0.5, 0.6) is 11.5 Å². The summed E-state index contributed by atoms with van der Waals surface area (Å²) in [6.45, 7) is 6.72. The molecule has 1 aliphatic rings. The van der Waals surface area contributed by atoms with E-state index >= 15 is 0 Å². The first kappa shape index (κ1) is 15.3. The van der Waals surface area contributed by atoms with Crippen LogP contribution in [-0.4, -0.2) is 29.3 Å². The Labute approximate surface area is 134 Å². The molecule has 0 unspecified atom stereocenters. The number of amides is 1. The summed E-state index contributed by atoms with van der Waals surface area (Å²) in [7, 11) is 0. The minimum atomic E-state index is -0.494. The molecule has 2 aromatic rings. The zero-order valence-electron chi connectivity index (χ0n) is 13.4. The maximum atomic E-state index is 12.1. The molecule has 1 amide bonds. The molecule has 0 spiro atoms. The Morgan fingerprint density at radius 2 is 1.96 bits per heavy atom. The molecule has 0 fully saturated rings. The smallest absolute Gasteiger partial charge is 0.322 e. The Morgan fingerprint density at radius 3 is 2.70 bits per heavy atom. The first-order chi connectivity index (χ1) is 11.0. The first-order valence-electron chi connectivity index (χ1n) is 7.54. The van der Waals surface area contributed by atoms with Crippen LogP contribution in [0.15, 0.2) is 22.6 Å². The Kier molecular flexibility index (Phi) is 3.94. The third kappa shape index (κ3) is 3.13. The number of nitrogens with one attached hydrogen (secondary N) is 1. The Bertz CT molecular complexity index is 724. The fourth-order valence-electron chi connectivity index (χ4n) is 1.99. The molecule has 23 heavy (non-hydrogen) atoms. The van der Waals surface area contributed by atoms with E-state index in [0.717, 1.165) is 0 Å². The summed E-state index contributed by atoms with van der Waals surface area (Å²) in [6, 6.07) is 5.47. The summed E-state index contributed by atoms with van der Waals surface area (Å²) >= 11 is 0. The SMILES string of the molecule is CCC(C)(C)C(=O)Nc1nnc(-c2ccc3c(c2)OCCO3)o1. The van der Waals surface area contributed by atoms with E-state index < -0.39 is 5.41 Å². The molecule has 1 N–H and O–H groups in total. The van der Waals surface area contributed by atoms with Crippen LogP contribution in [0, 0.1) is 5.41 Å². The molecule has 3 rings (SSSR count). The average molecular weight is 317 g/mol. The minimum Gasteiger partial charge on any atom is -0.486 e. The van der Waals surface area contributed by atoms with Crippen molar-refractivity contribution in [2.75, 3.05) is 18.5 Å². The number of aromatic nitrogens is 2. The lowest BCUT2D eigenvalue weighted by atomic mass is 9.89. The van der Waals surface area contributed by atoms with E-state index in [-0.39, 0.29) is 11.9 Å². The molecular formula is C16H19N3O4. The van der Waals surface area contributed by atoms with Gasteiger partial charge in [0.05, 0.1) is 0 Å². The van der Waals surface area contributed by atoms with Gasteiger partial charge in [-0.2, -0.15) is 0 Å². The fraction of sp³-hybridized carbons (Fsp3) is 0.438. The van der Waals surface area contributed by atoms with Crippen LogP contribution in [0.3, 0.4) is 0 Å². The van der Waals surface area contributed by atoms with Gasteiger partial charge >= 0.3 is 6.01 Å². The lowest BCUT2D eigenvalue weighted by molar-refractivity contribution is -0.124. The van der Waals surface area contributed by atoms with Crippen LogP contribution in [0.2, 0.25) is 0 Å². The highest BCUT2D eigenvalue weighted by atomic mass is 16.6. The molecule has 2 heterocycles. The van der Waals surface area contributed by atoms with Gasteiger partial charge in [0.15, 0.2) is 11.5 Å². The normalized spacial score (nSPS) is 13.7. The van der Waals surface area contributed by atoms with Crippen LogP contribution >= 0.6 is 0 Å². The van der Waals surface area contributed by atoms with Gasteiger partial charge in [-0.05, 0) is 24.6 Å². The highest BCUT2D eigenvalue weighted by Gasteiger charge is 2.27. The van der Waals surface area contributed by atoms with Gasteiger partial charge in [-0.1, -0.05) is 25.9 Å². The number of nitrogens with zero attached hydrogens (tertiary/aromatic N) is 2. The van der Waals surface area contributed by atoms with Crippen molar-refractivity contribution in [1.82, 2.24) is 10.2 Å². The predicted octanol–water partition coefficient (Wildman–Crippen LogP) is 2.88. The summed E-state index contributed by atoms with van der Waals surface area (Å²) in [5, 5.41) is 10.5. The van der Waals surface area contributed by atoms with Gasteiger partial charge in [-0.15, -0.1) is 5.10 Å². The number of anilines is 1. The van der Waals surface area contributed by atoms with Crippen LogP contribution in [-0.2, 0) is 4.79 Å². The molecule has 1 aromatic carbocycles. The molecule has 0 aliphatic carbocycles. The number of fused-ring (bicyclic) bond motifs is 1. The third-order valence-electron chi connectivity index (χ3n) is 3.93. The van der Waals surface area contributed by atoms with Gasteiger partial charge < -0.3 is 13.9 Å². The highest BCUT2D eigenvalue weighted by Crippen LogP contribution is 2.34. The first-order valence-corrected chi connectivity index (χ1v) is 7.54. The van der Waals surface area contributed by atoms with E-state index in [0.29, 0.717) is 42.6 Å². The maximum absolute atomic E-state index is 12.1. The fourth-order valence-corrected chi connectivity index (χ4v) is 1.99. The van der Waals surface area contributed by atoms with Gasteiger partial charge in [0, 0.05) is 11.0 Å². The van der Waals surface area contributed by atoms with E-state index in [9.17, 15) is 4.79 Å². The molecule has 0 atom stereocenters. The second-order valence-corrected chi connectivity index (χ2v) is 5.96. The Balaban J connectivity index is 1.78. The highest BCUT2D eigenvalue weighted by molar-refractivity contribution is 5.93. The lowest BCUT2D eigenvalue weighted by Gasteiger charge is -2.19. The number of hydrogen-bond donors (Lipinski definition) is 1. The molecular weight excluding hydrogens is 298 g/mol. The van der Waals surface area contributed by atoms with E-state index in [1.807, 2.05) is 26.8 Å². The number of hydrogen-bond acceptors (Lipinski definition) is 6. The number of benzene rings is 1. The average Bonchev–Trinajstić information content (AvgIpc) is 3.03. The van der Waals surface area contributed by atoms with Crippen LogP contribution in [0.25, 0.3) is 11.5 Å². The van der Waals surface area contributed by atoms with E-state index in [2.05, 4.69) is 15.5 Å². The van der Waals surface area contributed by atoms with Gasteiger partial charge in [0.1, 0.15) is 13.2 Å². The van der Waals surface area contributed by atoms with Crippen molar-refractivity contribution in [3.8, 4) is 23.0 Å². The molecule has 0 saturated carbocycles. The molecule has 0 bridgehead atoms. The summed E-state index contributed by atoms with van der Waals surface area (Å²) in [5.41, 5.74) is 0.211. The van der Waals surface area contributed by atoms with Crippen molar-refractivity contribution < 1.29 is 18.7 Å². The van der Waals surface area contributed by atoms with E-state index in [1.54, 1.807) is 12.1 Å². The zero-order valence-corrected chi connectivity index (χ0v) is 13.4. The monoisotopic (exact) mass is 317 g/mol. The number of ether oxygens (including phenoxy) is 2. The van der Waals surface area contributed by atoms with Gasteiger partial charge in [-0.3, -0.25) is 10.1 Å². The summed E-state index contributed by atoms with van der Waals surface area (Å²) in [5.74, 6) is 1.49. The maximum Gasteiger partial charge on any atom is 0.322 e. The molecule has 0 saturated heterocycles. The molecule has 7 nitrogen and oxygen atoms in total. The zero-order chi connectivity index (χ0) is 16.4. The van der Waals surface area contributed by atoms with E-state index in [4.69, 9.17) is 13.9 Å². The number of rotatable bonds is 4. The second-order valence-electron chi connectivity index (χ2n) is 5.96. The van der Waals surface area contributed by atoms with Crippen molar-refractivity contribution in [3.63, 3.8) is 0 Å². The van der Waals surface area contributed by atoms with Gasteiger partial charge in [0.25, 0.3) is 0 Å². The summed E-state index contributed by atoms with van der Waals surface area (Å²) in [6.07, 6.45) is 0.710. The number of carbonyl (C=O) groups excluding carboxylic acids is 1. The molecule has 7 heteroatoms. The molecule has 0 radical (unpaired) electrons. The summed E-state index contributed by atoms with van der Waals surface area (Å²) < 4.78 is 16.5. The van der Waals surface area contributed by atoms with Crippen molar-refractivity contribution in [3.05, 3.63) is 18.2 Å². The molecule has 1 aromatic heterocycles. The van der Waals surface area contributed by atoms with Crippen molar-refractivity contribution in [2.24, 2.45) is 5.41 Å². The molecule has 1 aliphatic heterocycles. The van der Waals surface area contributed by atoms with E-state index in [1.165, 1.54) is 0 Å². The van der Waals surface area contributed by atoms with Gasteiger partial charge in [0.2, 0.25) is 11.8 Å². The quantitative estimate of drug-likeness (QED) is 0.933. The van der Waals surface area contributed by atoms with Crippen molar-refractivity contribution in [1.29, 1.82) is 0 Å². The van der Waals surface area contributed by atoms with Crippen LogP contribution in [0.1, 0.15) is 27.2 Å². The van der Waals surface area contributed by atoms with Crippen molar-refractivity contribution in [2.45, 2.75) is 27.2 Å². The topological polar surface area (TPSA) is 86.5 Å². The largest absolute Gasteiger partial charge is 0.486 e. The predicted molar refractivity (Wildman–Crippen MR) is 83.4 cm³/mol.